The van der Waals surface area contributed by atoms with Gasteiger partial charge in [0.2, 0.25) is 0 Å². The highest BCUT2D eigenvalue weighted by Gasteiger charge is 2.51. The van der Waals surface area contributed by atoms with Gasteiger partial charge in [-0.25, -0.2) is 0 Å². The lowest BCUT2D eigenvalue weighted by Crippen LogP contribution is -2.58. The molecule has 1 aromatic carbocycles. The molecule has 1 atom stereocenters. The van der Waals surface area contributed by atoms with Gasteiger partial charge in [-0.3, -0.25) is 10.1 Å². The summed E-state index contributed by atoms with van der Waals surface area (Å²) in [5, 5.41) is 12.7. The van der Waals surface area contributed by atoms with Gasteiger partial charge in [0.05, 0.1) is 7.11 Å². The predicted octanol–water partition coefficient (Wildman–Crippen LogP) is 1.92. The van der Waals surface area contributed by atoms with Gasteiger partial charge < -0.3 is 14.6 Å². The second kappa shape index (κ2) is 6.13. The van der Waals surface area contributed by atoms with Crippen LogP contribution in [0.3, 0.4) is 0 Å². The number of hydrogen-bond acceptors (Lipinski definition) is 4. The number of likely N-dealkylation sites (N-methyl/N-ethyl adjacent to an activating group) is 1. The normalized spacial score (nSPS) is 17.3. The molecule has 1 aromatic rings. The molecule has 110 valence electrons. The molecule has 0 heterocycles. The third kappa shape index (κ3) is 3.04. The standard InChI is InChI=1S/C15H21NO4/c1-3-16-15(14(17)18,11-7-8-11)10-20-13-6-4-5-12(9-13)19-2/h4-6,9,11,16H,3,7-8,10H2,1-2H3,(H,17,18). The minimum atomic E-state index is -0.988. The van der Waals surface area contributed by atoms with Gasteiger partial charge >= 0.3 is 5.97 Å². The van der Waals surface area contributed by atoms with Crippen molar-refractivity contribution < 1.29 is 19.4 Å². The van der Waals surface area contributed by atoms with E-state index in [1.165, 1.54) is 0 Å². The Labute approximate surface area is 118 Å². The van der Waals surface area contributed by atoms with Crippen LogP contribution in [0.4, 0.5) is 0 Å². The minimum absolute atomic E-state index is 0.119. The van der Waals surface area contributed by atoms with E-state index >= 15 is 0 Å². The lowest BCUT2D eigenvalue weighted by Gasteiger charge is -2.30. The number of hydrogen-bond donors (Lipinski definition) is 2. The number of methoxy groups -OCH3 is 1. The van der Waals surface area contributed by atoms with Crippen LogP contribution in [0.5, 0.6) is 11.5 Å². The van der Waals surface area contributed by atoms with Crippen LogP contribution in [0, 0.1) is 5.92 Å². The van der Waals surface area contributed by atoms with E-state index in [2.05, 4.69) is 5.32 Å². The zero-order valence-corrected chi connectivity index (χ0v) is 11.9. The van der Waals surface area contributed by atoms with Crippen LogP contribution in [0.2, 0.25) is 0 Å². The summed E-state index contributed by atoms with van der Waals surface area (Å²) in [6, 6.07) is 7.20. The Bertz CT molecular complexity index is 473. The van der Waals surface area contributed by atoms with Crippen LogP contribution in [0.25, 0.3) is 0 Å². The molecule has 0 amide bonds. The second-order valence-corrected chi connectivity index (χ2v) is 5.05. The molecule has 2 N–H and O–H groups in total. The molecular formula is C15H21NO4. The maximum absolute atomic E-state index is 11.7. The van der Waals surface area contributed by atoms with Crippen molar-refractivity contribution in [2.45, 2.75) is 25.3 Å². The summed E-state index contributed by atoms with van der Waals surface area (Å²) in [7, 11) is 1.59. The largest absolute Gasteiger partial charge is 0.497 e. The van der Waals surface area contributed by atoms with Gasteiger partial charge in [0.1, 0.15) is 18.1 Å². The first kappa shape index (κ1) is 14.7. The zero-order valence-electron chi connectivity index (χ0n) is 11.9. The third-order valence-corrected chi connectivity index (χ3v) is 3.66. The Kier molecular flexibility index (Phi) is 4.49. The maximum atomic E-state index is 11.7. The van der Waals surface area contributed by atoms with Crippen LogP contribution in [0.15, 0.2) is 24.3 Å². The van der Waals surface area contributed by atoms with Crippen LogP contribution < -0.4 is 14.8 Å². The van der Waals surface area contributed by atoms with Gasteiger partial charge in [0.15, 0.2) is 5.54 Å². The molecule has 1 aliphatic rings. The van der Waals surface area contributed by atoms with Crippen LogP contribution in [-0.2, 0) is 4.79 Å². The topological polar surface area (TPSA) is 67.8 Å². The summed E-state index contributed by atoms with van der Waals surface area (Å²) < 4.78 is 10.8. The Morgan fingerprint density at radius 1 is 1.45 bits per heavy atom. The first-order valence-corrected chi connectivity index (χ1v) is 6.87. The molecule has 1 aliphatic carbocycles. The molecule has 1 saturated carbocycles. The molecule has 0 aromatic heterocycles. The van der Waals surface area contributed by atoms with Gasteiger partial charge in [0, 0.05) is 6.07 Å². The lowest BCUT2D eigenvalue weighted by molar-refractivity contribution is -0.147. The molecule has 0 spiro atoms. The number of benzene rings is 1. The molecule has 0 saturated heterocycles. The molecule has 20 heavy (non-hydrogen) atoms. The molecular weight excluding hydrogens is 258 g/mol. The summed E-state index contributed by atoms with van der Waals surface area (Å²) in [6.07, 6.45) is 1.86. The monoisotopic (exact) mass is 279 g/mol. The van der Waals surface area contributed by atoms with E-state index in [0.29, 0.717) is 18.0 Å². The first-order valence-electron chi connectivity index (χ1n) is 6.87. The fraction of sp³-hybridized carbons (Fsp3) is 0.533. The number of aliphatic carboxylic acids is 1. The fourth-order valence-corrected chi connectivity index (χ4v) is 2.40. The minimum Gasteiger partial charge on any atom is -0.497 e. The van der Waals surface area contributed by atoms with Crippen LogP contribution >= 0.6 is 0 Å². The molecule has 0 radical (unpaired) electrons. The Morgan fingerprint density at radius 2 is 2.15 bits per heavy atom. The number of carboxylic acids is 1. The van der Waals surface area contributed by atoms with Gasteiger partial charge in [-0.05, 0) is 37.4 Å². The molecule has 5 nitrogen and oxygen atoms in total. The summed E-state index contributed by atoms with van der Waals surface area (Å²) >= 11 is 0. The lowest BCUT2D eigenvalue weighted by atomic mass is 9.94. The van der Waals surface area contributed by atoms with Gasteiger partial charge in [-0.1, -0.05) is 13.0 Å². The summed E-state index contributed by atoms with van der Waals surface area (Å²) in [4.78, 5) is 11.7. The van der Waals surface area contributed by atoms with Gasteiger partial charge in [-0.15, -0.1) is 0 Å². The smallest absolute Gasteiger partial charge is 0.327 e. The molecule has 0 bridgehead atoms. The van der Waals surface area contributed by atoms with E-state index in [9.17, 15) is 9.90 Å². The van der Waals surface area contributed by atoms with Gasteiger partial charge in [-0.2, -0.15) is 0 Å². The quantitative estimate of drug-likeness (QED) is 0.761. The highest BCUT2D eigenvalue weighted by Crippen LogP contribution is 2.40. The van der Waals surface area contributed by atoms with E-state index in [4.69, 9.17) is 9.47 Å². The van der Waals surface area contributed by atoms with Crippen molar-refractivity contribution in [3.05, 3.63) is 24.3 Å². The Morgan fingerprint density at radius 3 is 2.70 bits per heavy atom. The Hall–Kier alpha value is -1.75. The van der Waals surface area contributed by atoms with Crippen molar-refractivity contribution in [1.82, 2.24) is 5.32 Å². The third-order valence-electron chi connectivity index (χ3n) is 3.66. The molecule has 1 unspecified atom stereocenters. The second-order valence-electron chi connectivity index (χ2n) is 5.05. The number of nitrogens with one attached hydrogen (secondary N) is 1. The highest BCUT2D eigenvalue weighted by molar-refractivity contribution is 5.80. The maximum Gasteiger partial charge on any atom is 0.327 e. The molecule has 1 fully saturated rings. The zero-order chi connectivity index (χ0) is 14.6. The van der Waals surface area contributed by atoms with Crippen molar-refractivity contribution >= 4 is 5.97 Å². The number of rotatable bonds is 8. The summed E-state index contributed by atoms with van der Waals surface area (Å²) in [6.45, 7) is 2.63. The summed E-state index contributed by atoms with van der Waals surface area (Å²) in [5.41, 5.74) is -0.988. The number of ether oxygens (including phenoxy) is 2. The van der Waals surface area contributed by atoms with E-state index in [0.717, 1.165) is 12.8 Å². The number of carboxylic acid groups (broad SMARTS) is 1. The van der Waals surface area contributed by atoms with Crippen molar-refractivity contribution in [2.75, 3.05) is 20.3 Å². The highest BCUT2D eigenvalue weighted by atomic mass is 16.5. The van der Waals surface area contributed by atoms with Crippen molar-refractivity contribution in [3.8, 4) is 11.5 Å². The molecule has 2 rings (SSSR count). The van der Waals surface area contributed by atoms with Gasteiger partial charge in [0.25, 0.3) is 0 Å². The van der Waals surface area contributed by atoms with E-state index in [1.807, 2.05) is 19.1 Å². The van der Waals surface area contributed by atoms with Crippen LogP contribution in [-0.4, -0.2) is 36.9 Å². The van der Waals surface area contributed by atoms with Crippen molar-refractivity contribution in [3.63, 3.8) is 0 Å². The average Bonchev–Trinajstić information content (AvgIpc) is 3.28. The molecule has 0 aliphatic heterocycles. The van der Waals surface area contributed by atoms with Crippen LogP contribution in [0.1, 0.15) is 19.8 Å². The average molecular weight is 279 g/mol. The SMILES string of the molecule is CCNC(COc1cccc(OC)c1)(C(=O)O)C1CC1. The van der Waals surface area contributed by atoms with E-state index in [1.54, 1.807) is 19.2 Å². The fourth-order valence-electron chi connectivity index (χ4n) is 2.40. The van der Waals surface area contributed by atoms with Crippen molar-refractivity contribution in [1.29, 1.82) is 0 Å². The van der Waals surface area contributed by atoms with Crippen molar-refractivity contribution in [2.24, 2.45) is 5.92 Å². The van der Waals surface area contributed by atoms with E-state index < -0.39 is 11.5 Å². The Balaban J connectivity index is 2.09. The predicted molar refractivity (Wildman–Crippen MR) is 75.3 cm³/mol. The first-order chi connectivity index (χ1) is 9.62. The molecule has 5 heteroatoms. The summed E-state index contributed by atoms with van der Waals surface area (Å²) in [5.74, 6) is 0.613. The van der Waals surface area contributed by atoms with E-state index in [-0.39, 0.29) is 12.5 Å². The number of carbonyl (C=O) groups is 1.